The molecule has 0 radical (unpaired) electrons. The molecule has 74 heavy (non-hydrogen) atoms. The summed E-state index contributed by atoms with van der Waals surface area (Å²) in [7, 11) is 0. The number of hydrogen-bond donors (Lipinski definition) is 1. The van der Waals surface area contributed by atoms with E-state index in [9.17, 15) is 0 Å². The van der Waals surface area contributed by atoms with E-state index in [1.807, 2.05) is 0 Å². The van der Waals surface area contributed by atoms with Crippen molar-refractivity contribution < 1.29 is 0 Å². The zero-order chi connectivity index (χ0) is 49.0. The van der Waals surface area contributed by atoms with Gasteiger partial charge in [0.25, 0.3) is 0 Å². The Bertz CT molecular complexity index is 4040. The molecule has 8 aromatic carbocycles. The summed E-state index contributed by atoms with van der Waals surface area (Å²) in [6.45, 7) is 0. The lowest BCUT2D eigenvalue weighted by Crippen LogP contribution is -2.34. The fraction of sp³-hybridized carbons (Fsp3) is 0.101. The molecule has 3 heterocycles. The van der Waals surface area contributed by atoms with Crippen LogP contribution in [0, 0.1) is 0 Å². The zero-order valence-electron chi connectivity index (χ0n) is 41.1. The molecular weight excluding hydrogens is 899 g/mol. The number of nitrogens with one attached hydrogen (secondary N) is 1. The average molecular weight is 952 g/mol. The van der Waals surface area contributed by atoms with E-state index in [2.05, 4.69) is 257 Å². The van der Waals surface area contributed by atoms with Gasteiger partial charge in [0, 0.05) is 50.2 Å². The molecule has 2 aromatic heterocycles. The van der Waals surface area contributed by atoms with Gasteiger partial charge >= 0.3 is 0 Å². The molecule has 354 valence electrons. The summed E-state index contributed by atoms with van der Waals surface area (Å²) in [6, 6.07) is 71.1. The second-order valence-corrected chi connectivity index (χ2v) is 19.9. The number of aryl methyl sites for hydroxylation is 1. The van der Waals surface area contributed by atoms with Crippen molar-refractivity contribution in [3.63, 3.8) is 0 Å². The normalized spacial score (nSPS) is 17.2. The van der Waals surface area contributed by atoms with E-state index >= 15 is 0 Å². The molecule has 2 unspecified atom stereocenters. The van der Waals surface area contributed by atoms with Gasteiger partial charge in [0.2, 0.25) is 0 Å². The number of rotatable bonds is 9. The SMILES string of the molecule is C1=CC(C2=NC(c3ccccc3)NC(c3cc(-c4ccc(-c5ccccc5)cc4)c(-n4c5ccccc5c5ccc(-n6c7c(c8ccccc86)CCC=C7)cc54)c(C4C=CC(c5ccccc5)=CC4)c3)=N2)=CCC1. The number of hydrogen-bond acceptors (Lipinski definition) is 3. The Kier molecular flexibility index (Phi) is 10.9. The second-order valence-electron chi connectivity index (χ2n) is 19.9. The Balaban J connectivity index is 1.05. The monoisotopic (exact) mass is 951 g/mol. The van der Waals surface area contributed by atoms with Gasteiger partial charge in [-0.3, -0.25) is 0 Å². The third-order valence-electron chi connectivity index (χ3n) is 15.4. The van der Waals surface area contributed by atoms with E-state index in [1.165, 1.54) is 60.8 Å². The van der Waals surface area contributed by atoms with Gasteiger partial charge in [-0.15, -0.1) is 0 Å². The van der Waals surface area contributed by atoms with Gasteiger partial charge in [0.1, 0.15) is 12.0 Å². The molecular formula is C69H53N5. The Morgan fingerprint density at radius 2 is 1.16 bits per heavy atom. The summed E-state index contributed by atoms with van der Waals surface area (Å²) in [6.07, 6.45) is 23.2. The first kappa shape index (κ1) is 43.7. The third-order valence-corrected chi connectivity index (χ3v) is 15.4. The Labute approximate surface area is 431 Å². The van der Waals surface area contributed by atoms with Crippen molar-refractivity contribution in [2.24, 2.45) is 9.98 Å². The van der Waals surface area contributed by atoms with E-state index < -0.39 is 0 Å². The highest BCUT2D eigenvalue weighted by atomic mass is 15.2. The Morgan fingerprint density at radius 3 is 1.92 bits per heavy atom. The van der Waals surface area contributed by atoms with Crippen molar-refractivity contribution in [1.29, 1.82) is 0 Å². The first-order valence-corrected chi connectivity index (χ1v) is 26.2. The predicted octanol–water partition coefficient (Wildman–Crippen LogP) is 16.9. The number of aromatic nitrogens is 2. The molecule has 2 atom stereocenters. The van der Waals surface area contributed by atoms with Crippen LogP contribution in [0.4, 0.5) is 0 Å². The quantitative estimate of drug-likeness (QED) is 0.154. The minimum atomic E-state index is -0.321. The minimum Gasteiger partial charge on any atom is -0.344 e. The molecule has 0 saturated heterocycles. The van der Waals surface area contributed by atoms with Crippen LogP contribution < -0.4 is 5.32 Å². The van der Waals surface area contributed by atoms with Crippen molar-refractivity contribution in [3.05, 3.63) is 276 Å². The number of aliphatic imine (C=N–C) groups is 2. The van der Waals surface area contributed by atoms with Crippen LogP contribution in [-0.4, -0.2) is 20.8 Å². The molecule has 0 bridgehead atoms. The van der Waals surface area contributed by atoms with Crippen LogP contribution in [0.2, 0.25) is 0 Å². The van der Waals surface area contributed by atoms with Crippen LogP contribution in [-0.2, 0) is 6.42 Å². The largest absolute Gasteiger partial charge is 0.344 e. The first-order valence-electron chi connectivity index (χ1n) is 26.2. The van der Waals surface area contributed by atoms with Gasteiger partial charge < -0.3 is 14.5 Å². The standard InChI is InChI=1S/C69H53N5/c1-5-19-46(20-6-1)48-33-37-50(38-34-48)60-43-54(69-71-67(52-23-9-3-10-24-52)70-68(72-69)53-25-11-4-12-26-53)44-61(51-39-35-49(36-40-51)47-21-7-2-8-22-47)66(60)74-64-32-18-15-29-58(64)59-42-41-55(45-65(59)74)73-62-30-16-13-27-56(62)57-28-14-17-31-63(57)73/h1-3,5-11,13,15-27,29-39,41-45,51,67H,4,12,14,28,40H2,(H,70,71,72). The highest BCUT2D eigenvalue weighted by Crippen LogP contribution is 2.45. The highest BCUT2D eigenvalue weighted by molar-refractivity contribution is 6.15. The summed E-state index contributed by atoms with van der Waals surface area (Å²) in [5.74, 6) is 1.59. The molecule has 5 nitrogen and oxygen atoms in total. The molecule has 3 aliphatic carbocycles. The van der Waals surface area contributed by atoms with Crippen molar-refractivity contribution >= 4 is 56.0 Å². The molecule has 4 aliphatic rings. The van der Waals surface area contributed by atoms with Crippen molar-refractivity contribution in [1.82, 2.24) is 14.5 Å². The van der Waals surface area contributed by atoms with Gasteiger partial charge in [-0.05, 0) is 119 Å². The van der Waals surface area contributed by atoms with Gasteiger partial charge in [0.15, 0.2) is 5.84 Å². The zero-order valence-corrected chi connectivity index (χ0v) is 41.1. The van der Waals surface area contributed by atoms with Gasteiger partial charge in [0.05, 0.1) is 22.2 Å². The molecule has 0 amide bonds. The van der Waals surface area contributed by atoms with Crippen LogP contribution in [0.3, 0.4) is 0 Å². The molecule has 0 saturated carbocycles. The Hall–Kier alpha value is -9.06. The summed E-state index contributed by atoms with van der Waals surface area (Å²) in [5.41, 5.74) is 20.1. The van der Waals surface area contributed by atoms with Crippen molar-refractivity contribution in [2.75, 3.05) is 0 Å². The van der Waals surface area contributed by atoms with Crippen molar-refractivity contribution in [2.45, 2.75) is 44.2 Å². The average Bonchev–Trinajstić information content (AvgIpc) is 4.00. The van der Waals surface area contributed by atoms with Crippen LogP contribution >= 0.6 is 0 Å². The number of fused-ring (bicyclic) bond motifs is 6. The molecule has 0 fully saturated rings. The summed E-state index contributed by atoms with van der Waals surface area (Å²) in [4.78, 5) is 10.8. The van der Waals surface area contributed by atoms with E-state index in [-0.39, 0.29) is 12.1 Å². The van der Waals surface area contributed by atoms with Crippen LogP contribution in [0.1, 0.15) is 71.3 Å². The number of nitrogens with zero attached hydrogens (tertiary/aromatic N) is 4. The number of para-hydroxylation sites is 2. The maximum Gasteiger partial charge on any atom is 0.159 e. The maximum atomic E-state index is 5.46. The van der Waals surface area contributed by atoms with Crippen LogP contribution in [0.25, 0.3) is 78.0 Å². The van der Waals surface area contributed by atoms with E-state index in [0.717, 1.165) is 94.0 Å². The number of benzene rings is 8. The maximum absolute atomic E-state index is 5.46. The second kappa shape index (κ2) is 18.5. The Morgan fingerprint density at radius 1 is 0.486 bits per heavy atom. The van der Waals surface area contributed by atoms with Crippen molar-refractivity contribution in [3.8, 4) is 33.6 Å². The van der Waals surface area contributed by atoms with E-state index in [4.69, 9.17) is 9.98 Å². The fourth-order valence-electron chi connectivity index (χ4n) is 11.8. The first-order chi connectivity index (χ1) is 36.7. The summed E-state index contributed by atoms with van der Waals surface area (Å²) >= 11 is 0. The predicted molar refractivity (Wildman–Crippen MR) is 310 cm³/mol. The van der Waals surface area contributed by atoms with Gasteiger partial charge in [-0.25, -0.2) is 9.98 Å². The lowest BCUT2D eigenvalue weighted by Gasteiger charge is -2.28. The summed E-state index contributed by atoms with van der Waals surface area (Å²) in [5, 5.41) is 7.63. The molecule has 0 spiro atoms. The number of amidine groups is 2. The lowest BCUT2D eigenvalue weighted by atomic mass is 9.84. The topological polar surface area (TPSA) is 46.6 Å². The molecule has 1 aliphatic heterocycles. The smallest absolute Gasteiger partial charge is 0.159 e. The fourth-order valence-corrected chi connectivity index (χ4v) is 11.8. The van der Waals surface area contributed by atoms with Crippen LogP contribution in [0.15, 0.2) is 252 Å². The molecule has 14 rings (SSSR count). The molecule has 10 aromatic rings. The third kappa shape index (κ3) is 7.71. The van der Waals surface area contributed by atoms with Gasteiger partial charge in [-0.1, -0.05) is 200 Å². The minimum absolute atomic E-state index is 0.0379. The van der Waals surface area contributed by atoms with E-state index in [1.54, 1.807) is 0 Å². The number of allylic oxidation sites excluding steroid dienone is 7. The van der Waals surface area contributed by atoms with Crippen LogP contribution in [0.5, 0.6) is 0 Å². The van der Waals surface area contributed by atoms with E-state index in [0.29, 0.717) is 0 Å². The molecule has 1 N–H and O–H groups in total. The summed E-state index contributed by atoms with van der Waals surface area (Å²) < 4.78 is 5.07. The highest BCUT2D eigenvalue weighted by Gasteiger charge is 2.29. The lowest BCUT2D eigenvalue weighted by molar-refractivity contribution is 0.674. The molecule has 5 heteroatoms. The van der Waals surface area contributed by atoms with Gasteiger partial charge in [-0.2, -0.15) is 0 Å².